The van der Waals surface area contributed by atoms with Crippen molar-refractivity contribution in [1.82, 2.24) is 19.7 Å². The second-order valence-corrected chi connectivity index (χ2v) is 8.46. The van der Waals surface area contributed by atoms with Crippen molar-refractivity contribution in [2.45, 2.75) is 33.2 Å². The average molecular weight is 446 g/mol. The number of benzene rings is 2. The fourth-order valence-corrected chi connectivity index (χ4v) is 4.43. The third kappa shape index (κ3) is 4.35. The summed E-state index contributed by atoms with van der Waals surface area (Å²) in [5.74, 6) is -0.102. The standard InChI is InChI=1S/C26H31N5O2/c1-5-30(20-11-8-10-18(2)16-20)15-9-14-27-25(32)19(3)31-23-13-7-6-12-21(23)22-17-28-29(4)26(33)24(22)31/h6-8,10-13,16-17,19H,5,9,14-15H2,1-4H3,(H,27,32)/t19-/m1/s1. The van der Waals surface area contributed by atoms with Crippen LogP contribution < -0.4 is 15.8 Å². The van der Waals surface area contributed by atoms with Gasteiger partial charge in [0.1, 0.15) is 11.6 Å². The maximum Gasteiger partial charge on any atom is 0.291 e. The molecule has 1 N–H and O–H groups in total. The van der Waals surface area contributed by atoms with Crippen LogP contribution in [-0.2, 0) is 11.8 Å². The quantitative estimate of drug-likeness (QED) is 0.419. The highest BCUT2D eigenvalue weighted by atomic mass is 16.2. The van der Waals surface area contributed by atoms with Crippen molar-refractivity contribution in [3.63, 3.8) is 0 Å². The van der Waals surface area contributed by atoms with Gasteiger partial charge in [-0.2, -0.15) is 5.10 Å². The number of nitrogens with zero attached hydrogens (tertiary/aromatic N) is 4. The predicted molar refractivity (Wildman–Crippen MR) is 134 cm³/mol. The molecule has 0 spiro atoms. The van der Waals surface area contributed by atoms with Crippen LogP contribution in [0.2, 0.25) is 0 Å². The number of hydrogen-bond acceptors (Lipinski definition) is 4. The normalized spacial score (nSPS) is 12.2. The summed E-state index contributed by atoms with van der Waals surface area (Å²) < 4.78 is 3.15. The van der Waals surface area contributed by atoms with Crippen molar-refractivity contribution in [1.29, 1.82) is 0 Å². The number of hydrogen-bond donors (Lipinski definition) is 1. The van der Waals surface area contributed by atoms with E-state index in [4.69, 9.17) is 0 Å². The van der Waals surface area contributed by atoms with Gasteiger partial charge in [-0.1, -0.05) is 30.3 Å². The number of aromatic nitrogens is 3. The van der Waals surface area contributed by atoms with Gasteiger partial charge in [-0.05, 0) is 51.0 Å². The minimum Gasteiger partial charge on any atom is -0.372 e. The van der Waals surface area contributed by atoms with Crippen LogP contribution in [0.25, 0.3) is 21.8 Å². The third-order valence-corrected chi connectivity index (χ3v) is 6.23. The largest absolute Gasteiger partial charge is 0.372 e. The minimum atomic E-state index is -0.526. The summed E-state index contributed by atoms with van der Waals surface area (Å²) in [6.45, 7) is 8.41. The SMILES string of the molecule is CCN(CCCNC(=O)[C@@H](C)n1c2ccccc2c2cnn(C)c(=O)c21)c1cccc(C)c1. The summed E-state index contributed by atoms with van der Waals surface area (Å²) in [5, 5.41) is 8.93. The van der Waals surface area contributed by atoms with Gasteiger partial charge >= 0.3 is 0 Å². The summed E-state index contributed by atoms with van der Waals surface area (Å²) in [7, 11) is 1.63. The molecule has 4 aromatic rings. The van der Waals surface area contributed by atoms with Gasteiger partial charge in [0.15, 0.2) is 0 Å². The molecule has 0 aliphatic rings. The van der Waals surface area contributed by atoms with Crippen molar-refractivity contribution >= 4 is 33.4 Å². The maximum absolute atomic E-state index is 13.1. The lowest BCUT2D eigenvalue weighted by molar-refractivity contribution is -0.123. The Bertz CT molecular complexity index is 1350. The van der Waals surface area contributed by atoms with Crippen LogP contribution in [0.5, 0.6) is 0 Å². The molecule has 4 rings (SSSR count). The Kier molecular flexibility index (Phi) is 6.49. The van der Waals surface area contributed by atoms with Crippen LogP contribution >= 0.6 is 0 Å². The molecule has 2 aromatic carbocycles. The number of amides is 1. The van der Waals surface area contributed by atoms with Crippen molar-refractivity contribution in [3.05, 3.63) is 70.6 Å². The number of aryl methyl sites for hydroxylation is 2. The molecule has 0 fully saturated rings. The molecule has 0 bridgehead atoms. The van der Waals surface area contributed by atoms with E-state index >= 15 is 0 Å². The molecule has 7 heteroatoms. The van der Waals surface area contributed by atoms with Crippen LogP contribution in [-0.4, -0.2) is 39.9 Å². The second kappa shape index (κ2) is 9.48. The molecule has 0 saturated carbocycles. The first-order valence-corrected chi connectivity index (χ1v) is 11.5. The van der Waals surface area contributed by atoms with Gasteiger partial charge in [0.05, 0.1) is 11.7 Å². The van der Waals surface area contributed by atoms with Gasteiger partial charge in [0.2, 0.25) is 5.91 Å². The lowest BCUT2D eigenvalue weighted by Crippen LogP contribution is -2.34. The molecule has 2 heterocycles. The molecule has 33 heavy (non-hydrogen) atoms. The van der Waals surface area contributed by atoms with Crippen LogP contribution in [0.4, 0.5) is 5.69 Å². The van der Waals surface area contributed by atoms with Crippen LogP contribution in [0, 0.1) is 6.92 Å². The summed E-state index contributed by atoms with van der Waals surface area (Å²) in [6, 6.07) is 15.7. The Morgan fingerprint density at radius 3 is 2.70 bits per heavy atom. The molecule has 172 valence electrons. The molecule has 1 atom stereocenters. The van der Waals surface area contributed by atoms with E-state index in [0.29, 0.717) is 12.1 Å². The zero-order valence-electron chi connectivity index (χ0n) is 19.7. The fraction of sp³-hybridized carbons (Fsp3) is 0.346. The van der Waals surface area contributed by atoms with Gasteiger partial charge < -0.3 is 14.8 Å². The Balaban J connectivity index is 1.49. The molecule has 0 radical (unpaired) electrons. The van der Waals surface area contributed by atoms with Crippen LogP contribution in [0.15, 0.2) is 59.5 Å². The zero-order valence-corrected chi connectivity index (χ0v) is 19.7. The lowest BCUT2D eigenvalue weighted by atomic mass is 10.2. The van der Waals surface area contributed by atoms with Crippen molar-refractivity contribution in [3.8, 4) is 0 Å². The summed E-state index contributed by atoms with van der Waals surface area (Å²) in [5.41, 5.74) is 3.59. The number of nitrogens with one attached hydrogen (secondary N) is 1. The first-order valence-electron chi connectivity index (χ1n) is 11.5. The molecule has 2 aromatic heterocycles. The summed E-state index contributed by atoms with van der Waals surface area (Å²) in [4.78, 5) is 28.3. The lowest BCUT2D eigenvalue weighted by Gasteiger charge is -2.24. The molecular weight excluding hydrogens is 414 g/mol. The number of fused-ring (bicyclic) bond motifs is 3. The van der Waals surface area contributed by atoms with Crippen LogP contribution in [0.1, 0.15) is 31.9 Å². The van der Waals surface area contributed by atoms with E-state index < -0.39 is 6.04 Å². The van der Waals surface area contributed by atoms with Gasteiger partial charge in [-0.3, -0.25) is 9.59 Å². The van der Waals surface area contributed by atoms with E-state index in [1.54, 1.807) is 13.2 Å². The number of carbonyl (C=O) groups is 1. The summed E-state index contributed by atoms with van der Waals surface area (Å²) >= 11 is 0. The van der Waals surface area contributed by atoms with E-state index in [2.05, 4.69) is 53.4 Å². The van der Waals surface area contributed by atoms with Crippen LogP contribution in [0.3, 0.4) is 0 Å². The van der Waals surface area contributed by atoms with E-state index in [-0.39, 0.29) is 11.5 Å². The van der Waals surface area contributed by atoms with E-state index in [1.807, 2.05) is 35.8 Å². The van der Waals surface area contributed by atoms with Gasteiger partial charge in [0.25, 0.3) is 5.56 Å². The van der Waals surface area contributed by atoms with Gasteiger partial charge in [0, 0.05) is 43.1 Å². The van der Waals surface area contributed by atoms with Crippen molar-refractivity contribution in [2.75, 3.05) is 24.5 Å². The molecule has 0 saturated heterocycles. The van der Waals surface area contributed by atoms with Crippen molar-refractivity contribution in [2.24, 2.45) is 7.05 Å². The first-order chi connectivity index (χ1) is 15.9. The highest BCUT2D eigenvalue weighted by Gasteiger charge is 2.23. The Hall–Kier alpha value is -3.61. The number of carbonyl (C=O) groups excluding carboxylic acids is 1. The second-order valence-electron chi connectivity index (χ2n) is 8.46. The average Bonchev–Trinajstić information content (AvgIpc) is 3.16. The predicted octanol–water partition coefficient (Wildman–Crippen LogP) is 3.79. The Labute approximate surface area is 193 Å². The minimum absolute atomic E-state index is 0.102. The highest BCUT2D eigenvalue weighted by molar-refractivity contribution is 6.08. The summed E-state index contributed by atoms with van der Waals surface area (Å²) in [6.07, 6.45) is 2.53. The molecule has 0 aliphatic carbocycles. The Morgan fingerprint density at radius 1 is 1.15 bits per heavy atom. The zero-order chi connectivity index (χ0) is 23.5. The third-order valence-electron chi connectivity index (χ3n) is 6.23. The Morgan fingerprint density at radius 2 is 1.94 bits per heavy atom. The van der Waals surface area contributed by atoms with E-state index in [1.165, 1.54) is 15.9 Å². The molecule has 0 unspecified atom stereocenters. The fourth-order valence-electron chi connectivity index (χ4n) is 4.43. The number of para-hydroxylation sites is 1. The number of rotatable bonds is 8. The number of anilines is 1. The molecule has 1 amide bonds. The van der Waals surface area contributed by atoms with Gasteiger partial charge in [-0.15, -0.1) is 0 Å². The highest BCUT2D eigenvalue weighted by Crippen LogP contribution is 2.29. The van der Waals surface area contributed by atoms with Crippen molar-refractivity contribution < 1.29 is 4.79 Å². The molecule has 7 nitrogen and oxygen atoms in total. The molecule has 0 aliphatic heterocycles. The topological polar surface area (TPSA) is 72.2 Å². The first kappa shape index (κ1) is 22.6. The monoisotopic (exact) mass is 445 g/mol. The molecular formula is C26H31N5O2. The smallest absolute Gasteiger partial charge is 0.291 e. The van der Waals surface area contributed by atoms with Gasteiger partial charge in [-0.25, -0.2) is 4.68 Å². The van der Waals surface area contributed by atoms with E-state index in [0.717, 1.165) is 35.8 Å². The maximum atomic E-state index is 13.1. The van der Waals surface area contributed by atoms with E-state index in [9.17, 15) is 9.59 Å².